The molecule has 8 rings (SSSR count). The second-order valence-electron chi connectivity index (χ2n) is 13.2. The third-order valence-electron chi connectivity index (χ3n) is 11.7. The van der Waals surface area contributed by atoms with Crippen LogP contribution in [0.1, 0.15) is 62.8 Å². The predicted molar refractivity (Wildman–Crippen MR) is 140 cm³/mol. The van der Waals surface area contributed by atoms with Crippen molar-refractivity contribution in [3.8, 4) is 5.69 Å². The summed E-state index contributed by atoms with van der Waals surface area (Å²) in [6.45, 7) is 7.74. The monoisotopic (exact) mass is 518 g/mol. The Morgan fingerprint density at radius 3 is 2.79 bits per heavy atom. The summed E-state index contributed by atoms with van der Waals surface area (Å²) in [5, 5.41) is 16.9. The van der Waals surface area contributed by atoms with Crippen LogP contribution in [0.5, 0.6) is 0 Å². The van der Waals surface area contributed by atoms with Crippen molar-refractivity contribution in [2.24, 2.45) is 28.6 Å². The maximum absolute atomic E-state index is 12.0. The van der Waals surface area contributed by atoms with Gasteiger partial charge < -0.3 is 24.1 Å². The molecular weight excluding hydrogens is 480 g/mol. The van der Waals surface area contributed by atoms with Gasteiger partial charge in [-0.05, 0) is 98.0 Å². The minimum atomic E-state index is -0.850. The van der Waals surface area contributed by atoms with Gasteiger partial charge in [-0.1, -0.05) is 31.6 Å². The van der Waals surface area contributed by atoms with Crippen molar-refractivity contribution in [2.75, 3.05) is 20.2 Å². The average molecular weight is 519 g/mol. The van der Waals surface area contributed by atoms with Crippen LogP contribution < -0.4 is 0 Å². The van der Waals surface area contributed by atoms with E-state index in [1.807, 2.05) is 0 Å². The van der Waals surface area contributed by atoms with Crippen LogP contribution in [0, 0.1) is 35.5 Å². The van der Waals surface area contributed by atoms with Gasteiger partial charge in [0, 0.05) is 5.41 Å². The lowest BCUT2D eigenvalue weighted by Crippen LogP contribution is -2.66. The second kappa shape index (κ2) is 7.79. The molecule has 7 nitrogen and oxygen atoms in total. The van der Waals surface area contributed by atoms with E-state index in [-0.39, 0.29) is 30.3 Å². The molecule has 0 amide bonds. The van der Waals surface area contributed by atoms with Gasteiger partial charge in [0.05, 0.1) is 23.7 Å². The van der Waals surface area contributed by atoms with Gasteiger partial charge in [0.2, 0.25) is 5.79 Å². The molecule has 1 N–H and O–H groups in total. The van der Waals surface area contributed by atoms with Crippen molar-refractivity contribution in [3.05, 3.63) is 52.9 Å². The highest BCUT2D eigenvalue weighted by Crippen LogP contribution is 2.71. The molecule has 7 heteroatoms. The average Bonchev–Trinajstić information content (AvgIpc) is 3.66. The Kier molecular flexibility index (Phi) is 4.88. The summed E-state index contributed by atoms with van der Waals surface area (Å²) in [4.78, 5) is 0. The third-order valence-corrected chi connectivity index (χ3v) is 11.7. The van der Waals surface area contributed by atoms with E-state index in [0.29, 0.717) is 24.9 Å². The standard InChI is InChI=1S/C31H38N2O5/c1-19-5-4-6-22(11-19)33-25-12-21-7-8-23-24-9-10-30(31(38-18-36-30)16-35-17-37-31)29(24,3)14-26(34)27(23)28(21,2)13-20(25)15-32-33/h4-6,11-12,15,23-24,26-27,34H,7-10,13-14,16-18H2,1-3H3/t23-,24-,26-,27+,28-,29-,30+,31?/m0/s1. The third kappa shape index (κ3) is 2.79. The fourth-order valence-electron chi connectivity index (χ4n) is 10.1. The Balaban J connectivity index is 1.16. The molecule has 202 valence electrons. The summed E-state index contributed by atoms with van der Waals surface area (Å²) in [5.74, 6) is 0.248. The molecule has 1 aromatic carbocycles. The van der Waals surface area contributed by atoms with Crippen LogP contribution in [-0.2, 0) is 25.4 Å². The van der Waals surface area contributed by atoms with Crippen molar-refractivity contribution in [3.63, 3.8) is 0 Å². The Morgan fingerprint density at radius 1 is 1.11 bits per heavy atom. The van der Waals surface area contributed by atoms with Crippen LogP contribution in [0.4, 0.5) is 0 Å². The first-order chi connectivity index (χ1) is 18.3. The number of rotatable bonds is 1. The first-order valence-corrected chi connectivity index (χ1v) is 14.3. The van der Waals surface area contributed by atoms with E-state index in [2.05, 4.69) is 62.0 Å². The first-order valence-electron chi connectivity index (χ1n) is 14.3. The summed E-state index contributed by atoms with van der Waals surface area (Å²) in [5.41, 5.74) is 5.42. The SMILES string of the molecule is Cc1cccc(-n2ncc3c2C=C2CC[C@@H]4[C@H]([C@@H](O)C[C@@]5(C)[C@H]4CC[C@@]54OCOC45COCO5)[C@@]2(C)C3)c1. The van der Waals surface area contributed by atoms with Crippen molar-refractivity contribution in [1.29, 1.82) is 0 Å². The number of nitrogens with zero attached hydrogens (tertiary/aromatic N) is 2. The molecule has 0 radical (unpaired) electrons. The maximum atomic E-state index is 12.0. The topological polar surface area (TPSA) is 75.0 Å². The van der Waals surface area contributed by atoms with Gasteiger partial charge in [-0.3, -0.25) is 0 Å². The van der Waals surface area contributed by atoms with E-state index >= 15 is 0 Å². The Hall–Kier alpha value is -2.03. The number of fused-ring (bicyclic) bond motifs is 8. The van der Waals surface area contributed by atoms with Gasteiger partial charge in [-0.25, -0.2) is 4.68 Å². The predicted octanol–water partition coefficient (Wildman–Crippen LogP) is 4.78. The lowest BCUT2D eigenvalue weighted by molar-refractivity contribution is -0.257. The van der Waals surface area contributed by atoms with Gasteiger partial charge in [-0.15, -0.1) is 0 Å². The van der Waals surface area contributed by atoms with E-state index in [9.17, 15) is 5.11 Å². The molecule has 2 aromatic rings. The molecule has 0 bridgehead atoms. The summed E-state index contributed by atoms with van der Waals surface area (Å²) < 4.78 is 26.6. The molecule has 1 unspecified atom stereocenters. The molecule has 4 aliphatic carbocycles. The highest BCUT2D eigenvalue weighted by Gasteiger charge is 2.76. The number of aryl methyl sites for hydroxylation is 1. The van der Waals surface area contributed by atoms with Gasteiger partial charge in [-0.2, -0.15) is 5.10 Å². The molecule has 2 aliphatic heterocycles. The van der Waals surface area contributed by atoms with Gasteiger partial charge in [0.15, 0.2) is 13.6 Å². The molecule has 8 atom stereocenters. The molecular formula is C31H38N2O5. The fourth-order valence-corrected chi connectivity index (χ4v) is 10.1. The number of hydrogen-bond acceptors (Lipinski definition) is 6. The van der Waals surface area contributed by atoms with Crippen LogP contribution in [-0.4, -0.2) is 52.6 Å². The molecule has 2 saturated heterocycles. The lowest BCUT2D eigenvalue weighted by atomic mass is 9.45. The summed E-state index contributed by atoms with van der Waals surface area (Å²) in [6.07, 6.45) is 9.77. The van der Waals surface area contributed by atoms with Crippen molar-refractivity contribution < 1.29 is 24.1 Å². The number of benzene rings is 1. The smallest absolute Gasteiger partial charge is 0.226 e. The van der Waals surface area contributed by atoms with Crippen LogP contribution in [0.3, 0.4) is 0 Å². The van der Waals surface area contributed by atoms with E-state index in [1.54, 1.807) is 0 Å². The fraction of sp³-hybridized carbons (Fsp3) is 0.645. The zero-order valence-electron chi connectivity index (χ0n) is 22.6. The molecule has 2 spiro atoms. The molecule has 3 heterocycles. The maximum Gasteiger partial charge on any atom is 0.226 e. The zero-order chi connectivity index (χ0) is 25.9. The van der Waals surface area contributed by atoms with Crippen LogP contribution >= 0.6 is 0 Å². The van der Waals surface area contributed by atoms with E-state index in [1.165, 1.54) is 22.4 Å². The van der Waals surface area contributed by atoms with Gasteiger partial charge >= 0.3 is 0 Å². The summed E-state index contributed by atoms with van der Waals surface area (Å²) in [6, 6.07) is 8.54. The molecule has 38 heavy (non-hydrogen) atoms. The lowest BCUT2D eigenvalue weighted by Gasteiger charge is -2.61. The normalized spacial score (nSPS) is 45.1. The van der Waals surface area contributed by atoms with Gasteiger partial charge in [0.1, 0.15) is 12.2 Å². The summed E-state index contributed by atoms with van der Waals surface area (Å²) >= 11 is 0. The highest BCUT2D eigenvalue weighted by molar-refractivity contribution is 5.61. The number of aromatic nitrogens is 2. The van der Waals surface area contributed by atoms with Gasteiger partial charge in [0.25, 0.3) is 0 Å². The quantitative estimate of drug-likeness (QED) is 0.586. The Bertz CT molecular complexity index is 1320. The van der Waals surface area contributed by atoms with Crippen LogP contribution in [0.2, 0.25) is 0 Å². The molecule has 3 saturated carbocycles. The van der Waals surface area contributed by atoms with Crippen LogP contribution in [0.15, 0.2) is 36.0 Å². The van der Waals surface area contributed by atoms with Crippen molar-refractivity contribution >= 4 is 6.08 Å². The number of hydrogen-bond donors (Lipinski definition) is 1. The first kappa shape index (κ1) is 23.8. The largest absolute Gasteiger partial charge is 0.393 e. The minimum absolute atomic E-state index is 0.0788. The second-order valence-corrected chi connectivity index (χ2v) is 13.2. The summed E-state index contributed by atoms with van der Waals surface area (Å²) in [7, 11) is 0. The van der Waals surface area contributed by atoms with E-state index < -0.39 is 17.5 Å². The van der Waals surface area contributed by atoms with Crippen molar-refractivity contribution in [1.82, 2.24) is 9.78 Å². The molecule has 1 aromatic heterocycles. The number of ether oxygens (including phenoxy) is 4. The Labute approximate surface area is 224 Å². The van der Waals surface area contributed by atoms with E-state index in [4.69, 9.17) is 24.0 Å². The highest BCUT2D eigenvalue weighted by atomic mass is 16.9. The van der Waals surface area contributed by atoms with Crippen LogP contribution in [0.25, 0.3) is 11.8 Å². The molecule has 5 fully saturated rings. The zero-order valence-corrected chi connectivity index (χ0v) is 22.6. The number of aliphatic hydroxyl groups excluding tert-OH is 1. The number of allylic oxidation sites excluding steroid dienone is 1. The Morgan fingerprint density at radius 2 is 1.97 bits per heavy atom. The number of aliphatic hydroxyl groups is 1. The molecule has 6 aliphatic rings. The van der Waals surface area contributed by atoms with E-state index in [0.717, 1.165) is 37.8 Å². The van der Waals surface area contributed by atoms with Crippen molar-refractivity contribution in [2.45, 2.75) is 76.8 Å². The minimum Gasteiger partial charge on any atom is -0.393 e.